The van der Waals surface area contributed by atoms with Gasteiger partial charge in [0.1, 0.15) is 5.82 Å². The lowest BCUT2D eigenvalue weighted by atomic mass is 10.2. The summed E-state index contributed by atoms with van der Waals surface area (Å²) in [5.41, 5.74) is 2.24. The molecule has 3 heteroatoms. The molecule has 2 aromatic carbocycles. The van der Waals surface area contributed by atoms with Crippen LogP contribution in [0.15, 0.2) is 53.4 Å². The number of thioether (sulfide) groups is 1. The van der Waals surface area contributed by atoms with Gasteiger partial charge >= 0.3 is 0 Å². The van der Waals surface area contributed by atoms with Crippen molar-refractivity contribution < 1.29 is 4.39 Å². The molecule has 0 bridgehead atoms. The third kappa shape index (κ3) is 4.08. The first-order valence-corrected chi connectivity index (χ1v) is 6.91. The molecule has 0 spiro atoms. The van der Waals surface area contributed by atoms with Crippen molar-refractivity contribution in [3.05, 3.63) is 59.9 Å². The zero-order valence-corrected chi connectivity index (χ0v) is 11.1. The number of hydrogen-bond donors (Lipinski definition) is 1. The molecule has 0 aliphatic carbocycles. The fourth-order valence-electron chi connectivity index (χ4n) is 1.57. The Morgan fingerprint density at radius 1 is 1.00 bits per heavy atom. The summed E-state index contributed by atoms with van der Waals surface area (Å²) in [5, 5.41) is 3.27. The zero-order valence-electron chi connectivity index (χ0n) is 10.3. The summed E-state index contributed by atoms with van der Waals surface area (Å²) < 4.78 is 12.7. The lowest BCUT2D eigenvalue weighted by Gasteiger charge is -2.06. The highest BCUT2D eigenvalue weighted by atomic mass is 32.2. The summed E-state index contributed by atoms with van der Waals surface area (Å²) >= 11 is 1.81. The maximum absolute atomic E-state index is 12.7. The molecule has 0 aliphatic heterocycles. The minimum atomic E-state index is -0.199. The summed E-state index contributed by atoms with van der Waals surface area (Å²) in [7, 11) is 0. The van der Waals surface area contributed by atoms with E-state index in [2.05, 4.69) is 36.5 Å². The highest BCUT2D eigenvalue weighted by molar-refractivity contribution is 7.99. The van der Waals surface area contributed by atoms with Gasteiger partial charge in [-0.1, -0.05) is 17.7 Å². The summed E-state index contributed by atoms with van der Waals surface area (Å²) in [6, 6.07) is 15.0. The number of anilines is 1. The number of nitrogens with one attached hydrogen (secondary N) is 1. The molecule has 18 heavy (non-hydrogen) atoms. The number of halogens is 1. The van der Waals surface area contributed by atoms with Gasteiger partial charge in [-0.2, -0.15) is 0 Å². The molecule has 0 aromatic heterocycles. The van der Waals surface area contributed by atoms with Crippen molar-refractivity contribution in [2.75, 3.05) is 17.6 Å². The third-order valence-electron chi connectivity index (χ3n) is 2.57. The van der Waals surface area contributed by atoms with Crippen LogP contribution in [0.4, 0.5) is 10.1 Å². The van der Waals surface area contributed by atoms with Crippen LogP contribution < -0.4 is 5.32 Å². The smallest absolute Gasteiger partial charge is 0.123 e. The van der Waals surface area contributed by atoms with Gasteiger partial charge in [-0.15, -0.1) is 11.8 Å². The van der Waals surface area contributed by atoms with Crippen molar-refractivity contribution in [1.29, 1.82) is 0 Å². The quantitative estimate of drug-likeness (QED) is 0.635. The van der Waals surface area contributed by atoms with Gasteiger partial charge in [-0.05, 0) is 43.3 Å². The molecular formula is C15H16FNS. The molecule has 0 heterocycles. The Bertz CT molecular complexity index is 431. The standard InChI is InChI=1S/C15H16FNS/c1-12-2-8-15(9-3-12)18-11-10-17-14-6-4-13(16)5-7-14/h2-9,17H,10-11H2,1H3. The van der Waals surface area contributed by atoms with E-state index in [4.69, 9.17) is 0 Å². The van der Waals surface area contributed by atoms with E-state index in [9.17, 15) is 4.39 Å². The first-order valence-electron chi connectivity index (χ1n) is 5.93. The Hall–Kier alpha value is -1.48. The predicted octanol–water partition coefficient (Wildman–Crippen LogP) is 4.34. The second-order valence-electron chi connectivity index (χ2n) is 4.10. The first-order chi connectivity index (χ1) is 8.74. The Morgan fingerprint density at radius 2 is 1.67 bits per heavy atom. The second kappa shape index (κ2) is 6.45. The molecule has 0 saturated heterocycles. The van der Waals surface area contributed by atoms with Crippen LogP contribution in [0.5, 0.6) is 0 Å². The van der Waals surface area contributed by atoms with Crippen molar-refractivity contribution in [3.63, 3.8) is 0 Å². The van der Waals surface area contributed by atoms with Gasteiger partial charge in [-0.25, -0.2) is 4.39 Å². The van der Waals surface area contributed by atoms with Gasteiger partial charge in [0, 0.05) is 22.9 Å². The van der Waals surface area contributed by atoms with E-state index in [0.717, 1.165) is 18.0 Å². The molecule has 2 rings (SSSR count). The largest absolute Gasteiger partial charge is 0.384 e. The van der Waals surface area contributed by atoms with Gasteiger partial charge in [0.15, 0.2) is 0 Å². The van der Waals surface area contributed by atoms with Crippen molar-refractivity contribution in [2.24, 2.45) is 0 Å². The zero-order chi connectivity index (χ0) is 12.8. The van der Waals surface area contributed by atoms with Crippen LogP contribution >= 0.6 is 11.8 Å². The predicted molar refractivity (Wildman–Crippen MR) is 76.8 cm³/mol. The molecule has 0 radical (unpaired) electrons. The lowest BCUT2D eigenvalue weighted by molar-refractivity contribution is 0.628. The molecule has 94 valence electrons. The average molecular weight is 261 g/mol. The maximum Gasteiger partial charge on any atom is 0.123 e. The summed E-state index contributed by atoms with van der Waals surface area (Å²) in [6.07, 6.45) is 0. The van der Waals surface area contributed by atoms with Crippen molar-refractivity contribution in [1.82, 2.24) is 0 Å². The normalized spacial score (nSPS) is 10.3. The van der Waals surface area contributed by atoms with Gasteiger partial charge in [-0.3, -0.25) is 0 Å². The number of rotatable bonds is 5. The molecule has 0 fully saturated rings. The number of aryl methyl sites for hydroxylation is 1. The molecule has 0 saturated carbocycles. The number of benzene rings is 2. The van der Waals surface area contributed by atoms with Crippen LogP contribution in [0, 0.1) is 12.7 Å². The minimum Gasteiger partial charge on any atom is -0.384 e. The van der Waals surface area contributed by atoms with Crippen LogP contribution in [0.3, 0.4) is 0 Å². The fraction of sp³-hybridized carbons (Fsp3) is 0.200. The van der Waals surface area contributed by atoms with Crippen LogP contribution in [0.1, 0.15) is 5.56 Å². The molecule has 0 atom stereocenters. The molecule has 0 unspecified atom stereocenters. The highest BCUT2D eigenvalue weighted by Gasteiger charge is 1.95. The highest BCUT2D eigenvalue weighted by Crippen LogP contribution is 2.18. The molecule has 0 aliphatic rings. The van der Waals surface area contributed by atoms with E-state index in [-0.39, 0.29) is 5.82 Å². The van der Waals surface area contributed by atoms with Gasteiger partial charge in [0.2, 0.25) is 0 Å². The first kappa shape index (κ1) is 13.0. The van der Waals surface area contributed by atoms with E-state index in [1.165, 1.54) is 22.6 Å². The van der Waals surface area contributed by atoms with Crippen molar-refractivity contribution in [2.45, 2.75) is 11.8 Å². The van der Waals surface area contributed by atoms with Gasteiger partial charge in [0.25, 0.3) is 0 Å². The Balaban J connectivity index is 1.73. The Labute approximate surface area is 111 Å². The Kier molecular flexibility index (Phi) is 4.65. The average Bonchev–Trinajstić information content (AvgIpc) is 2.39. The third-order valence-corrected chi connectivity index (χ3v) is 3.58. The maximum atomic E-state index is 12.7. The molecule has 0 amide bonds. The summed E-state index contributed by atoms with van der Waals surface area (Å²) in [6.45, 7) is 2.95. The van der Waals surface area contributed by atoms with E-state index in [0.29, 0.717) is 0 Å². The lowest BCUT2D eigenvalue weighted by Crippen LogP contribution is -2.03. The van der Waals surface area contributed by atoms with Crippen molar-refractivity contribution in [3.8, 4) is 0 Å². The monoisotopic (exact) mass is 261 g/mol. The van der Waals surface area contributed by atoms with Crippen LogP contribution in [-0.4, -0.2) is 12.3 Å². The van der Waals surface area contributed by atoms with Gasteiger partial charge < -0.3 is 5.32 Å². The van der Waals surface area contributed by atoms with Crippen LogP contribution in [0.2, 0.25) is 0 Å². The molecule has 1 N–H and O–H groups in total. The Morgan fingerprint density at radius 3 is 2.33 bits per heavy atom. The van der Waals surface area contributed by atoms with E-state index >= 15 is 0 Å². The van der Waals surface area contributed by atoms with Crippen LogP contribution in [0.25, 0.3) is 0 Å². The number of hydrogen-bond acceptors (Lipinski definition) is 2. The van der Waals surface area contributed by atoms with E-state index < -0.39 is 0 Å². The summed E-state index contributed by atoms with van der Waals surface area (Å²) in [5.74, 6) is 0.787. The molecule has 1 nitrogen and oxygen atoms in total. The minimum absolute atomic E-state index is 0.199. The fourth-order valence-corrected chi connectivity index (χ4v) is 2.33. The van der Waals surface area contributed by atoms with Crippen molar-refractivity contribution >= 4 is 17.4 Å². The van der Waals surface area contributed by atoms with E-state index in [1.54, 1.807) is 12.1 Å². The summed E-state index contributed by atoms with van der Waals surface area (Å²) in [4.78, 5) is 1.28. The van der Waals surface area contributed by atoms with Crippen LogP contribution in [-0.2, 0) is 0 Å². The van der Waals surface area contributed by atoms with Gasteiger partial charge in [0.05, 0.1) is 0 Å². The molecule has 2 aromatic rings. The molecular weight excluding hydrogens is 245 g/mol. The topological polar surface area (TPSA) is 12.0 Å². The van der Waals surface area contributed by atoms with E-state index in [1.807, 2.05) is 11.8 Å². The second-order valence-corrected chi connectivity index (χ2v) is 5.26. The SMILES string of the molecule is Cc1ccc(SCCNc2ccc(F)cc2)cc1.